The maximum atomic E-state index is 5.60. The molecule has 2 unspecified atom stereocenters. The molecular weight excluding hydrogens is 162 g/mol. The van der Waals surface area contributed by atoms with Gasteiger partial charge in [0.15, 0.2) is 0 Å². The van der Waals surface area contributed by atoms with Crippen molar-refractivity contribution in [3.05, 3.63) is 0 Å². The maximum absolute atomic E-state index is 5.60. The minimum atomic E-state index is 0.504. The van der Waals surface area contributed by atoms with E-state index in [1.165, 1.54) is 38.8 Å². The van der Waals surface area contributed by atoms with Crippen molar-refractivity contribution in [2.45, 2.75) is 44.7 Å². The number of aliphatic imine (C=N–C) groups is 1. The Labute approximate surface area is 80.0 Å². The zero-order chi connectivity index (χ0) is 9.26. The first-order chi connectivity index (χ1) is 6.25. The molecule has 3 nitrogen and oxygen atoms in total. The minimum absolute atomic E-state index is 0.504. The maximum Gasteiger partial charge on any atom is 0.0909 e. The van der Waals surface area contributed by atoms with Gasteiger partial charge in [-0.05, 0) is 39.2 Å². The molecule has 3 heteroatoms. The molecule has 74 valence electrons. The van der Waals surface area contributed by atoms with Gasteiger partial charge < -0.3 is 10.6 Å². The monoisotopic (exact) mass is 181 g/mol. The number of rotatable bonds is 1. The Bertz CT molecular complexity index is 208. The van der Waals surface area contributed by atoms with Crippen LogP contribution in [0.1, 0.15) is 32.6 Å². The van der Waals surface area contributed by atoms with Gasteiger partial charge in [0.2, 0.25) is 0 Å². The van der Waals surface area contributed by atoms with E-state index in [-0.39, 0.29) is 0 Å². The summed E-state index contributed by atoms with van der Waals surface area (Å²) < 4.78 is 0. The van der Waals surface area contributed by atoms with Crippen LogP contribution in [-0.4, -0.2) is 35.9 Å². The second kappa shape index (κ2) is 3.66. The molecule has 0 bridgehead atoms. The number of piperidine rings is 1. The van der Waals surface area contributed by atoms with Crippen LogP contribution in [0.25, 0.3) is 0 Å². The predicted octanol–water partition coefficient (Wildman–Crippen LogP) is 0.990. The third kappa shape index (κ3) is 2.02. The molecule has 0 amide bonds. The summed E-state index contributed by atoms with van der Waals surface area (Å²) in [7, 11) is 0. The number of fused-ring (bicyclic) bond motifs is 1. The Morgan fingerprint density at radius 2 is 2.23 bits per heavy atom. The van der Waals surface area contributed by atoms with E-state index < -0.39 is 0 Å². The van der Waals surface area contributed by atoms with Crippen LogP contribution in [0.15, 0.2) is 4.99 Å². The number of hydrogen-bond acceptors (Lipinski definition) is 2. The van der Waals surface area contributed by atoms with Crippen LogP contribution in [0.4, 0.5) is 0 Å². The van der Waals surface area contributed by atoms with Crippen molar-refractivity contribution in [2.75, 3.05) is 13.1 Å². The van der Waals surface area contributed by atoms with Crippen molar-refractivity contribution < 1.29 is 0 Å². The molecule has 0 aromatic heterocycles. The quantitative estimate of drug-likeness (QED) is 0.484. The predicted molar refractivity (Wildman–Crippen MR) is 54.9 cm³/mol. The van der Waals surface area contributed by atoms with Crippen molar-refractivity contribution in [3.8, 4) is 0 Å². The molecule has 2 rings (SSSR count). The van der Waals surface area contributed by atoms with Crippen molar-refractivity contribution in [1.29, 1.82) is 0 Å². The molecular formula is C10H19N3. The van der Waals surface area contributed by atoms with Gasteiger partial charge in [0.25, 0.3) is 0 Å². The van der Waals surface area contributed by atoms with Crippen LogP contribution < -0.4 is 5.73 Å². The highest BCUT2D eigenvalue weighted by Crippen LogP contribution is 2.28. The van der Waals surface area contributed by atoms with Crippen molar-refractivity contribution in [1.82, 2.24) is 4.90 Å². The third-order valence-electron chi connectivity index (χ3n) is 3.18. The van der Waals surface area contributed by atoms with Gasteiger partial charge in [-0.1, -0.05) is 0 Å². The van der Waals surface area contributed by atoms with E-state index in [9.17, 15) is 0 Å². The zero-order valence-corrected chi connectivity index (χ0v) is 8.37. The molecule has 0 radical (unpaired) electrons. The van der Waals surface area contributed by atoms with Gasteiger partial charge in [-0.25, -0.2) is 0 Å². The Morgan fingerprint density at radius 3 is 3.00 bits per heavy atom. The van der Waals surface area contributed by atoms with E-state index in [4.69, 9.17) is 5.73 Å². The molecule has 2 aliphatic rings. The Balaban J connectivity index is 1.93. The molecule has 13 heavy (non-hydrogen) atoms. The fourth-order valence-corrected chi connectivity index (χ4v) is 2.61. The van der Waals surface area contributed by atoms with Crippen LogP contribution in [0, 0.1) is 0 Å². The van der Waals surface area contributed by atoms with Crippen LogP contribution in [-0.2, 0) is 0 Å². The summed E-state index contributed by atoms with van der Waals surface area (Å²) in [6, 6.07) is 1.31. The molecule has 2 fully saturated rings. The summed E-state index contributed by atoms with van der Waals surface area (Å²) in [5, 5.41) is 0. The average Bonchev–Trinajstić information content (AvgIpc) is 2.49. The van der Waals surface area contributed by atoms with E-state index in [1.54, 1.807) is 0 Å². The largest absolute Gasteiger partial charge is 0.388 e. The number of nitrogens with zero attached hydrogens (tertiary/aromatic N) is 2. The summed E-state index contributed by atoms with van der Waals surface area (Å²) in [6.45, 7) is 4.43. The Morgan fingerprint density at radius 1 is 1.38 bits per heavy atom. The molecule has 0 spiro atoms. The molecule has 0 aromatic rings. The molecule has 2 saturated heterocycles. The lowest BCUT2D eigenvalue weighted by Gasteiger charge is -2.33. The summed E-state index contributed by atoms with van der Waals surface area (Å²) in [5.74, 6) is 0.747. The van der Waals surface area contributed by atoms with E-state index >= 15 is 0 Å². The van der Waals surface area contributed by atoms with Crippen molar-refractivity contribution in [2.24, 2.45) is 10.7 Å². The lowest BCUT2D eigenvalue weighted by atomic mass is 9.98. The number of nitrogens with two attached hydrogens (primary N) is 1. The summed E-state index contributed by atoms with van der Waals surface area (Å²) in [6.07, 6.45) is 5.18. The highest BCUT2D eigenvalue weighted by Gasteiger charge is 2.31. The second-order valence-corrected chi connectivity index (χ2v) is 4.28. The number of amidine groups is 1. The average molecular weight is 181 g/mol. The highest BCUT2D eigenvalue weighted by atomic mass is 15.2. The van der Waals surface area contributed by atoms with E-state index in [0.717, 1.165) is 11.9 Å². The number of hydrogen-bond donors (Lipinski definition) is 1. The summed E-state index contributed by atoms with van der Waals surface area (Å²) >= 11 is 0. The van der Waals surface area contributed by atoms with Gasteiger partial charge in [0.1, 0.15) is 0 Å². The first-order valence-corrected chi connectivity index (χ1v) is 5.29. The third-order valence-corrected chi connectivity index (χ3v) is 3.18. The van der Waals surface area contributed by atoms with E-state index in [1.807, 2.05) is 6.92 Å². The first-order valence-electron chi connectivity index (χ1n) is 5.29. The minimum Gasteiger partial charge on any atom is -0.388 e. The van der Waals surface area contributed by atoms with Gasteiger partial charge in [-0.15, -0.1) is 0 Å². The molecule has 2 aliphatic heterocycles. The molecule has 2 atom stereocenters. The normalized spacial score (nSPS) is 36.2. The van der Waals surface area contributed by atoms with E-state index in [2.05, 4.69) is 9.89 Å². The van der Waals surface area contributed by atoms with Gasteiger partial charge >= 0.3 is 0 Å². The van der Waals surface area contributed by atoms with Crippen LogP contribution in [0.5, 0.6) is 0 Å². The Hall–Kier alpha value is -0.570. The molecule has 2 N–H and O–H groups in total. The van der Waals surface area contributed by atoms with Crippen molar-refractivity contribution >= 4 is 5.84 Å². The van der Waals surface area contributed by atoms with Gasteiger partial charge in [-0.2, -0.15) is 0 Å². The standard InChI is InChI=1S/C10H19N3/c1-8(11)12-9-4-6-13-5-2-3-10(13)7-9/h9-10H,2-7H2,1H3,(H2,11,12). The zero-order valence-electron chi connectivity index (χ0n) is 8.37. The lowest BCUT2D eigenvalue weighted by Crippen LogP contribution is -2.39. The lowest BCUT2D eigenvalue weighted by molar-refractivity contribution is 0.183. The van der Waals surface area contributed by atoms with Crippen LogP contribution in [0.3, 0.4) is 0 Å². The summed E-state index contributed by atoms with van der Waals surface area (Å²) in [5.41, 5.74) is 5.60. The molecule has 0 aliphatic carbocycles. The SMILES string of the molecule is CC(N)=NC1CCN2CCCC2C1. The topological polar surface area (TPSA) is 41.6 Å². The summed E-state index contributed by atoms with van der Waals surface area (Å²) in [4.78, 5) is 7.07. The highest BCUT2D eigenvalue weighted by molar-refractivity contribution is 5.77. The van der Waals surface area contributed by atoms with Crippen LogP contribution in [0.2, 0.25) is 0 Å². The molecule has 2 heterocycles. The fourth-order valence-electron chi connectivity index (χ4n) is 2.61. The second-order valence-electron chi connectivity index (χ2n) is 4.28. The smallest absolute Gasteiger partial charge is 0.0909 e. The van der Waals surface area contributed by atoms with Crippen molar-refractivity contribution in [3.63, 3.8) is 0 Å². The molecule has 0 aromatic carbocycles. The Kier molecular flexibility index (Phi) is 2.54. The van der Waals surface area contributed by atoms with Gasteiger partial charge in [0.05, 0.1) is 11.9 Å². The van der Waals surface area contributed by atoms with Gasteiger partial charge in [0, 0.05) is 12.6 Å². The van der Waals surface area contributed by atoms with E-state index in [0.29, 0.717) is 6.04 Å². The van der Waals surface area contributed by atoms with Gasteiger partial charge in [-0.3, -0.25) is 4.99 Å². The fraction of sp³-hybridized carbons (Fsp3) is 0.900. The first kappa shape index (κ1) is 9.00. The molecule has 0 saturated carbocycles. The van der Waals surface area contributed by atoms with Crippen LogP contribution >= 0.6 is 0 Å².